The van der Waals surface area contributed by atoms with E-state index in [2.05, 4.69) is 38.6 Å². The first-order valence-electron chi connectivity index (χ1n) is 6.31. The van der Waals surface area contributed by atoms with Gasteiger partial charge in [-0.2, -0.15) is 0 Å². The molecule has 0 aromatic heterocycles. The van der Waals surface area contributed by atoms with Gasteiger partial charge in [-0.15, -0.1) is 6.42 Å². The highest BCUT2D eigenvalue weighted by Gasteiger charge is 2.31. The van der Waals surface area contributed by atoms with Gasteiger partial charge in [-0.3, -0.25) is 4.90 Å². The topological polar surface area (TPSA) is 3.24 Å². The van der Waals surface area contributed by atoms with Crippen molar-refractivity contribution in [2.45, 2.75) is 64.8 Å². The fourth-order valence-electron chi connectivity index (χ4n) is 2.65. The van der Waals surface area contributed by atoms with Crippen molar-refractivity contribution < 1.29 is 0 Å². The van der Waals surface area contributed by atoms with Crippen molar-refractivity contribution in [3.8, 4) is 12.3 Å². The van der Waals surface area contributed by atoms with E-state index in [1.165, 1.54) is 38.5 Å². The van der Waals surface area contributed by atoms with E-state index < -0.39 is 0 Å². The number of hydrogen-bond acceptors (Lipinski definition) is 1. The first-order chi connectivity index (χ1) is 7.16. The molecule has 0 aromatic rings. The maximum atomic E-state index is 5.42. The lowest BCUT2D eigenvalue weighted by atomic mass is 9.83. The standard InChI is InChI=1S/C14H27N/c1-6-10-14(11-7-2,12-8-3)15(5)13-9-4/h4H,6-8,10-13H2,1-3,5H3. The van der Waals surface area contributed by atoms with Gasteiger partial charge in [0.2, 0.25) is 0 Å². The van der Waals surface area contributed by atoms with Crippen molar-refractivity contribution in [2.75, 3.05) is 13.6 Å². The Hall–Kier alpha value is -0.480. The van der Waals surface area contributed by atoms with Gasteiger partial charge in [0.1, 0.15) is 0 Å². The fraction of sp³-hybridized carbons (Fsp3) is 0.857. The lowest BCUT2D eigenvalue weighted by Crippen LogP contribution is -2.46. The van der Waals surface area contributed by atoms with Crippen LogP contribution in [0.1, 0.15) is 59.3 Å². The first-order valence-corrected chi connectivity index (χ1v) is 6.31. The Morgan fingerprint density at radius 3 is 1.67 bits per heavy atom. The molecule has 0 aromatic carbocycles. The molecular weight excluding hydrogens is 182 g/mol. The molecule has 0 saturated heterocycles. The molecule has 0 rings (SSSR count). The predicted molar refractivity (Wildman–Crippen MR) is 68.9 cm³/mol. The predicted octanol–water partition coefficient (Wildman–Crippen LogP) is 3.69. The van der Waals surface area contributed by atoms with Gasteiger partial charge in [0.15, 0.2) is 0 Å². The van der Waals surface area contributed by atoms with Crippen molar-refractivity contribution in [3.05, 3.63) is 0 Å². The molecule has 0 fully saturated rings. The zero-order chi connectivity index (χ0) is 11.7. The number of terminal acetylenes is 1. The van der Waals surface area contributed by atoms with Crippen molar-refractivity contribution in [2.24, 2.45) is 0 Å². The zero-order valence-corrected chi connectivity index (χ0v) is 11.0. The summed E-state index contributed by atoms with van der Waals surface area (Å²) >= 11 is 0. The van der Waals surface area contributed by atoms with E-state index in [0.29, 0.717) is 5.54 Å². The van der Waals surface area contributed by atoms with E-state index in [4.69, 9.17) is 6.42 Å². The van der Waals surface area contributed by atoms with Gasteiger partial charge in [0.25, 0.3) is 0 Å². The van der Waals surface area contributed by atoms with Crippen LogP contribution in [-0.4, -0.2) is 24.0 Å². The van der Waals surface area contributed by atoms with Crippen LogP contribution >= 0.6 is 0 Å². The molecule has 0 radical (unpaired) electrons. The van der Waals surface area contributed by atoms with Gasteiger partial charge in [0.05, 0.1) is 6.54 Å². The third kappa shape index (κ3) is 4.26. The van der Waals surface area contributed by atoms with E-state index in [-0.39, 0.29) is 0 Å². The Bertz CT molecular complexity index is 173. The summed E-state index contributed by atoms with van der Waals surface area (Å²) in [6, 6.07) is 0. The molecule has 0 heterocycles. The van der Waals surface area contributed by atoms with Crippen molar-refractivity contribution in [1.82, 2.24) is 4.90 Å². The highest BCUT2D eigenvalue weighted by molar-refractivity contribution is 4.95. The van der Waals surface area contributed by atoms with E-state index >= 15 is 0 Å². The quantitative estimate of drug-likeness (QED) is 0.551. The third-order valence-electron chi connectivity index (χ3n) is 3.28. The lowest BCUT2D eigenvalue weighted by molar-refractivity contribution is 0.0987. The second kappa shape index (κ2) is 7.77. The molecule has 0 atom stereocenters. The van der Waals surface area contributed by atoms with Gasteiger partial charge < -0.3 is 0 Å². The maximum Gasteiger partial charge on any atom is 0.0600 e. The summed E-state index contributed by atoms with van der Waals surface area (Å²) in [4.78, 5) is 2.39. The van der Waals surface area contributed by atoms with Gasteiger partial charge in [-0.1, -0.05) is 46.0 Å². The van der Waals surface area contributed by atoms with Crippen molar-refractivity contribution >= 4 is 0 Å². The number of rotatable bonds is 8. The molecule has 0 aliphatic heterocycles. The Morgan fingerprint density at radius 1 is 1.00 bits per heavy atom. The lowest BCUT2D eigenvalue weighted by Gasteiger charge is -2.41. The molecule has 0 N–H and O–H groups in total. The Kier molecular flexibility index (Phi) is 7.52. The molecule has 15 heavy (non-hydrogen) atoms. The smallest absolute Gasteiger partial charge is 0.0600 e. The Morgan fingerprint density at radius 2 is 1.40 bits per heavy atom. The molecule has 1 heteroatoms. The summed E-state index contributed by atoms with van der Waals surface area (Å²) in [7, 11) is 2.18. The highest BCUT2D eigenvalue weighted by atomic mass is 15.2. The summed E-state index contributed by atoms with van der Waals surface area (Å²) in [6.07, 6.45) is 13.0. The summed E-state index contributed by atoms with van der Waals surface area (Å²) in [6.45, 7) is 7.58. The molecule has 0 saturated carbocycles. The normalized spacial score (nSPS) is 11.7. The van der Waals surface area contributed by atoms with Gasteiger partial charge in [-0.05, 0) is 26.3 Å². The van der Waals surface area contributed by atoms with E-state index in [0.717, 1.165) is 6.54 Å². The summed E-state index contributed by atoms with van der Waals surface area (Å²) in [5, 5.41) is 0. The highest BCUT2D eigenvalue weighted by Crippen LogP contribution is 2.30. The molecule has 88 valence electrons. The van der Waals surface area contributed by atoms with E-state index in [1.54, 1.807) is 0 Å². The zero-order valence-electron chi connectivity index (χ0n) is 11.0. The van der Waals surface area contributed by atoms with Crippen LogP contribution in [0.2, 0.25) is 0 Å². The van der Waals surface area contributed by atoms with E-state index in [1.807, 2.05) is 0 Å². The minimum atomic E-state index is 0.352. The summed E-state index contributed by atoms with van der Waals surface area (Å²) in [5.74, 6) is 2.77. The Balaban J connectivity index is 4.66. The van der Waals surface area contributed by atoms with Gasteiger partial charge in [-0.25, -0.2) is 0 Å². The molecule has 0 amide bonds. The monoisotopic (exact) mass is 209 g/mol. The second-order valence-corrected chi connectivity index (χ2v) is 4.53. The minimum absolute atomic E-state index is 0.352. The fourth-order valence-corrected chi connectivity index (χ4v) is 2.65. The summed E-state index contributed by atoms with van der Waals surface area (Å²) < 4.78 is 0. The molecule has 0 unspecified atom stereocenters. The van der Waals surface area contributed by atoms with E-state index in [9.17, 15) is 0 Å². The number of hydrogen-bond donors (Lipinski definition) is 0. The summed E-state index contributed by atoms with van der Waals surface area (Å²) in [5.41, 5.74) is 0.352. The van der Waals surface area contributed by atoms with Crippen LogP contribution in [0.4, 0.5) is 0 Å². The molecular formula is C14H27N. The largest absolute Gasteiger partial charge is 0.290 e. The van der Waals surface area contributed by atoms with Crippen LogP contribution in [0.3, 0.4) is 0 Å². The first kappa shape index (κ1) is 14.5. The molecule has 0 aliphatic rings. The maximum absolute atomic E-state index is 5.42. The van der Waals surface area contributed by atoms with Crippen LogP contribution in [0.5, 0.6) is 0 Å². The average Bonchev–Trinajstić information content (AvgIpc) is 2.19. The van der Waals surface area contributed by atoms with Gasteiger partial charge >= 0.3 is 0 Å². The molecule has 1 nitrogen and oxygen atoms in total. The molecule has 0 spiro atoms. The van der Waals surface area contributed by atoms with Gasteiger partial charge in [0, 0.05) is 5.54 Å². The third-order valence-corrected chi connectivity index (χ3v) is 3.28. The van der Waals surface area contributed by atoms with Crippen molar-refractivity contribution in [3.63, 3.8) is 0 Å². The van der Waals surface area contributed by atoms with Crippen molar-refractivity contribution in [1.29, 1.82) is 0 Å². The average molecular weight is 209 g/mol. The van der Waals surface area contributed by atoms with Crippen LogP contribution in [0, 0.1) is 12.3 Å². The minimum Gasteiger partial charge on any atom is -0.290 e. The second-order valence-electron chi connectivity index (χ2n) is 4.53. The van der Waals surface area contributed by atoms with Crippen LogP contribution in [0.15, 0.2) is 0 Å². The molecule has 0 aliphatic carbocycles. The Labute approximate surface area is 96.2 Å². The van der Waals surface area contributed by atoms with Crippen LogP contribution < -0.4 is 0 Å². The number of nitrogens with zero attached hydrogens (tertiary/aromatic N) is 1. The molecule has 0 bridgehead atoms. The van der Waals surface area contributed by atoms with Crippen LogP contribution in [-0.2, 0) is 0 Å². The van der Waals surface area contributed by atoms with Crippen LogP contribution in [0.25, 0.3) is 0 Å². The SMILES string of the molecule is C#CCN(C)C(CCC)(CCC)CCC.